The number of aromatic nitrogens is 2. The largest absolute Gasteiger partial charge is 0.471 e. The molecule has 106 valence electrons. The number of rotatable bonds is 6. The molecule has 1 aromatic rings. The lowest BCUT2D eigenvalue weighted by molar-refractivity contribution is 0.137. The Bertz CT molecular complexity index is 404. The Kier molecular flexibility index (Phi) is 4.96. The molecule has 1 aliphatic rings. The van der Waals surface area contributed by atoms with Crippen molar-refractivity contribution in [2.45, 2.75) is 45.6 Å². The minimum atomic E-state index is 0.117. The van der Waals surface area contributed by atoms with Crippen LogP contribution in [0, 0.1) is 0 Å². The standard InChI is InChI=1S/C14H23N3O2/c1-4-6-15-13-12(10(2)3)14(17-9-16-13)19-11-5-7-18-8-11/h9-11H,4-8H2,1-3H3,(H,15,16,17). The predicted molar refractivity (Wildman–Crippen MR) is 74.8 cm³/mol. The van der Waals surface area contributed by atoms with Gasteiger partial charge in [-0.2, -0.15) is 0 Å². The number of anilines is 1. The van der Waals surface area contributed by atoms with Crippen molar-refractivity contribution >= 4 is 5.82 Å². The van der Waals surface area contributed by atoms with Crippen LogP contribution in [-0.4, -0.2) is 35.8 Å². The van der Waals surface area contributed by atoms with Crippen LogP contribution in [0.1, 0.15) is 45.1 Å². The van der Waals surface area contributed by atoms with Gasteiger partial charge in [-0.05, 0) is 12.3 Å². The Morgan fingerprint density at radius 1 is 1.47 bits per heavy atom. The van der Waals surface area contributed by atoms with Gasteiger partial charge >= 0.3 is 0 Å². The molecule has 1 aromatic heterocycles. The van der Waals surface area contributed by atoms with E-state index < -0.39 is 0 Å². The summed E-state index contributed by atoms with van der Waals surface area (Å²) in [4.78, 5) is 8.64. The molecule has 19 heavy (non-hydrogen) atoms. The average Bonchev–Trinajstić information content (AvgIpc) is 2.89. The maximum absolute atomic E-state index is 5.97. The summed E-state index contributed by atoms with van der Waals surface area (Å²) in [5.74, 6) is 1.90. The Morgan fingerprint density at radius 2 is 2.32 bits per heavy atom. The minimum absolute atomic E-state index is 0.117. The first-order chi connectivity index (χ1) is 9.22. The molecule has 1 aliphatic heterocycles. The Labute approximate surface area is 114 Å². The van der Waals surface area contributed by atoms with Gasteiger partial charge in [0.2, 0.25) is 5.88 Å². The lowest BCUT2D eigenvalue weighted by Gasteiger charge is -2.19. The van der Waals surface area contributed by atoms with Crippen LogP contribution in [-0.2, 0) is 4.74 Å². The van der Waals surface area contributed by atoms with E-state index in [0.717, 1.165) is 37.4 Å². The third-order valence-corrected chi connectivity index (χ3v) is 3.13. The summed E-state index contributed by atoms with van der Waals surface area (Å²) in [5.41, 5.74) is 1.06. The van der Waals surface area contributed by atoms with E-state index in [-0.39, 0.29) is 6.10 Å². The number of hydrogen-bond acceptors (Lipinski definition) is 5. The molecule has 2 rings (SSSR count). The molecule has 0 aliphatic carbocycles. The van der Waals surface area contributed by atoms with Crippen LogP contribution in [0.5, 0.6) is 5.88 Å². The van der Waals surface area contributed by atoms with Crippen molar-refractivity contribution in [2.24, 2.45) is 0 Å². The zero-order valence-electron chi connectivity index (χ0n) is 12.0. The molecular weight excluding hydrogens is 242 g/mol. The highest BCUT2D eigenvalue weighted by Gasteiger charge is 2.22. The fraction of sp³-hybridized carbons (Fsp3) is 0.714. The summed E-state index contributed by atoms with van der Waals surface area (Å²) in [6.07, 6.45) is 3.68. The van der Waals surface area contributed by atoms with Gasteiger partial charge in [-0.3, -0.25) is 0 Å². The maximum Gasteiger partial charge on any atom is 0.222 e. The minimum Gasteiger partial charge on any atom is -0.471 e. The van der Waals surface area contributed by atoms with Crippen LogP contribution in [0.25, 0.3) is 0 Å². The first-order valence-corrected chi connectivity index (χ1v) is 7.05. The molecular formula is C14H23N3O2. The molecule has 1 N–H and O–H groups in total. The molecule has 5 nitrogen and oxygen atoms in total. The van der Waals surface area contributed by atoms with E-state index in [0.29, 0.717) is 18.4 Å². The molecule has 1 saturated heterocycles. The fourth-order valence-electron chi connectivity index (χ4n) is 2.14. The lowest BCUT2D eigenvalue weighted by atomic mass is 10.1. The summed E-state index contributed by atoms with van der Waals surface area (Å²) in [5, 5.41) is 3.35. The van der Waals surface area contributed by atoms with E-state index in [4.69, 9.17) is 9.47 Å². The summed E-state index contributed by atoms with van der Waals surface area (Å²) in [6.45, 7) is 8.73. The zero-order valence-corrected chi connectivity index (χ0v) is 12.0. The van der Waals surface area contributed by atoms with Gasteiger partial charge in [0.15, 0.2) is 0 Å². The van der Waals surface area contributed by atoms with Crippen LogP contribution in [0.15, 0.2) is 6.33 Å². The highest BCUT2D eigenvalue weighted by Crippen LogP contribution is 2.31. The van der Waals surface area contributed by atoms with Gasteiger partial charge < -0.3 is 14.8 Å². The number of hydrogen-bond donors (Lipinski definition) is 1. The van der Waals surface area contributed by atoms with Crippen LogP contribution < -0.4 is 10.1 Å². The zero-order chi connectivity index (χ0) is 13.7. The van der Waals surface area contributed by atoms with Crippen LogP contribution in [0.4, 0.5) is 5.82 Å². The first kappa shape index (κ1) is 14.1. The topological polar surface area (TPSA) is 56.3 Å². The Balaban J connectivity index is 2.20. The second kappa shape index (κ2) is 6.70. The molecule has 2 heterocycles. The van der Waals surface area contributed by atoms with Gasteiger partial charge in [0.05, 0.1) is 18.8 Å². The van der Waals surface area contributed by atoms with Gasteiger partial charge in [-0.15, -0.1) is 0 Å². The van der Waals surface area contributed by atoms with Gasteiger partial charge in [0.25, 0.3) is 0 Å². The summed E-state index contributed by atoms with van der Waals surface area (Å²) < 4.78 is 11.3. The van der Waals surface area contributed by atoms with Gasteiger partial charge in [-0.25, -0.2) is 9.97 Å². The number of ether oxygens (including phenoxy) is 2. The molecule has 0 amide bonds. The molecule has 0 saturated carbocycles. The van der Waals surface area contributed by atoms with Gasteiger partial charge in [0, 0.05) is 13.0 Å². The quantitative estimate of drug-likeness (QED) is 0.856. The number of nitrogens with one attached hydrogen (secondary N) is 1. The van der Waals surface area contributed by atoms with Crippen molar-refractivity contribution in [2.75, 3.05) is 25.1 Å². The molecule has 0 radical (unpaired) electrons. The van der Waals surface area contributed by atoms with E-state index >= 15 is 0 Å². The van der Waals surface area contributed by atoms with Crippen molar-refractivity contribution in [3.05, 3.63) is 11.9 Å². The highest BCUT2D eigenvalue weighted by atomic mass is 16.5. The van der Waals surface area contributed by atoms with Crippen LogP contribution in [0.3, 0.4) is 0 Å². The average molecular weight is 265 g/mol. The van der Waals surface area contributed by atoms with Crippen LogP contribution >= 0.6 is 0 Å². The van der Waals surface area contributed by atoms with E-state index in [2.05, 4.69) is 36.1 Å². The Morgan fingerprint density at radius 3 is 2.95 bits per heavy atom. The van der Waals surface area contributed by atoms with Crippen molar-refractivity contribution < 1.29 is 9.47 Å². The fourth-order valence-corrected chi connectivity index (χ4v) is 2.14. The monoisotopic (exact) mass is 265 g/mol. The van der Waals surface area contributed by atoms with E-state index in [1.54, 1.807) is 6.33 Å². The van der Waals surface area contributed by atoms with Gasteiger partial charge in [-0.1, -0.05) is 20.8 Å². The predicted octanol–water partition coefficient (Wildman–Crippen LogP) is 2.59. The van der Waals surface area contributed by atoms with E-state index in [1.807, 2.05) is 0 Å². The van der Waals surface area contributed by atoms with E-state index in [1.165, 1.54) is 0 Å². The second-order valence-corrected chi connectivity index (χ2v) is 5.13. The lowest BCUT2D eigenvalue weighted by Crippen LogP contribution is -2.19. The summed E-state index contributed by atoms with van der Waals surface area (Å²) >= 11 is 0. The van der Waals surface area contributed by atoms with Crippen molar-refractivity contribution in [3.63, 3.8) is 0 Å². The summed E-state index contributed by atoms with van der Waals surface area (Å²) in [7, 11) is 0. The van der Waals surface area contributed by atoms with Crippen molar-refractivity contribution in [1.29, 1.82) is 0 Å². The molecule has 5 heteroatoms. The summed E-state index contributed by atoms with van der Waals surface area (Å²) in [6, 6.07) is 0. The molecule has 0 spiro atoms. The van der Waals surface area contributed by atoms with Crippen molar-refractivity contribution in [3.8, 4) is 5.88 Å². The molecule has 0 bridgehead atoms. The van der Waals surface area contributed by atoms with Gasteiger partial charge in [0.1, 0.15) is 18.2 Å². The third kappa shape index (κ3) is 3.56. The smallest absolute Gasteiger partial charge is 0.222 e. The normalized spacial score (nSPS) is 18.8. The first-order valence-electron chi connectivity index (χ1n) is 7.05. The second-order valence-electron chi connectivity index (χ2n) is 5.13. The molecule has 1 fully saturated rings. The van der Waals surface area contributed by atoms with E-state index in [9.17, 15) is 0 Å². The third-order valence-electron chi connectivity index (χ3n) is 3.13. The van der Waals surface area contributed by atoms with Crippen LogP contribution in [0.2, 0.25) is 0 Å². The molecule has 0 aromatic carbocycles. The number of nitrogens with zero attached hydrogens (tertiary/aromatic N) is 2. The highest BCUT2D eigenvalue weighted by molar-refractivity contribution is 5.50. The molecule has 1 atom stereocenters. The molecule has 1 unspecified atom stereocenters. The van der Waals surface area contributed by atoms with Crippen molar-refractivity contribution in [1.82, 2.24) is 9.97 Å². The SMILES string of the molecule is CCCNc1ncnc(OC2CCOC2)c1C(C)C. The Hall–Kier alpha value is -1.36. The maximum atomic E-state index is 5.97.